The summed E-state index contributed by atoms with van der Waals surface area (Å²) in [5.41, 5.74) is 7.44. The molecule has 0 aromatic heterocycles. The van der Waals surface area contributed by atoms with Crippen LogP contribution in [-0.2, 0) is 6.54 Å². The predicted octanol–water partition coefficient (Wildman–Crippen LogP) is 3.33. The monoisotopic (exact) mass is 282 g/mol. The molecule has 0 aliphatic heterocycles. The number of hydrogen-bond donors (Lipinski definition) is 1. The van der Waals surface area contributed by atoms with Crippen LogP contribution in [0.5, 0.6) is 0 Å². The zero-order valence-electron chi connectivity index (χ0n) is 12.3. The maximum Gasteiger partial charge on any atom is 0.123 e. The van der Waals surface area contributed by atoms with Crippen molar-refractivity contribution in [1.82, 2.24) is 4.90 Å². The fourth-order valence-electron chi connectivity index (χ4n) is 1.98. The molecule has 1 aromatic carbocycles. The number of rotatable bonds is 4. The number of hydrogen-bond acceptors (Lipinski definition) is 2. The Morgan fingerprint density at radius 1 is 1.42 bits per heavy atom. The summed E-state index contributed by atoms with van der Waals surface area (Å²) in [4.78, 5) is 2.47. The van der Waals surface area contributed by atoms with Gasteiger partial charge in [0.1, 0.15) is 10.8 Å². The summed E-state index contributed by atoms with van der Waals surface area (Å²) in [6.45, 7) is 9.49. The molecule has 2 nitrogen and oxygen atoms in total. The van der Waals surface area contributed by atoms with Gasteiger partial charge in [0, 0.05) is 18.2 Å². The van der Waals surface area contributed by atoms with E-state index in [1.54, 1.807) is 6.07 Å². The van der Waals surface area contributed by atoms with Crippen LogP contribution in [0.15, 0.2) is 18.2 Å². The van der Waals surface area contributed by atoms with Gasteiger partial charge in [-0.05, 0) is 37.1 Å². The van der Waals surface area contributed by atoms with Crippen LogP contribution in [0, 0.1) is 11.2 Å². The lowest BCUT2D eigenvalue weighted by atomic mass is 9.87. The molecule has 0 heterocycles. The van der Waals surface area contributed by atoms with Gasteiger partial charge in [-0.3, -0.25) is 4.90 Å². The Morgan fingerprint density at radius 3 is 2.47 bits per heavy atom. The first kappa shape index (κ1) is 16.1. The third-order valence-electron chi connectivity index (χ3n) is 3.67. The van der Waals surface area contributed by atoms with E-state index >= 15 is 0 Å². The van der Waals surface area contributed by atoms with Crippen LogP contribution in [0.3, 0.4) is 0 Å². The van der Waals surface area contributed by atoms with Gasteiger partial charge in [0.05, 0.1) is 0 Å². The van der Waals surface area contributed by atoms with Crippen LogP contribution in [0.1, 0.15) is 38.8 Å². The first-order chi connectivity index (χ1) is 8.62. The van der Waals surface area contributed by atoms with Gasteiger partial charge in [0.25, 0.3) is 0 Å². The zero-order chi connectivity index (χ0) is 14.8. The molecule has 0 bridgehead atoms. The average Bonchev–Trinajstić information content (AvgIpc) is 2.28. The van der Waals surface area contributed by atoms with Crippen LogP contribution < -0.4 is 5.73 Å². The molecular weight excluding hydrogens is 259 g/mol. The molecular formula is C15H23FN2S. The van der Waals surface area contributed by atoms with Gasteiger partial charge in [-0.1, -0.05) is 39.1 Å². The fourth-order valence-corrected chi connectivity index (χ4v) is 2.17. The van der Waals surface area contributed by atoms with Gasteiger partial charge >= 0.3 is 0 Å². The minimum atomic E-state index is -0.307. The molecule has 0 saturated carbocycles. The Kier molecular flexibility index (Phi) is 5.04. The van der Waals surface area contributed by atoms with E-state index in [0.717, 1.165) is 5.56 Å². The molecule has 0 aliphatic rings. The third-order valence-corrected chi connectivity index (χ3v) is 3.89. The predicted molar refractivity (Wildman–Crippen MR) is 82.7 cm³/mol. The summed E-state index contributed by atoms with van der Waals surface area (Å²) in [5.74, 6) is -0.307. The van der Waals surface area contributed by atoms with Crippen molar-refractivity contribution in [3.05, 3.63) is 35.1 Å². The molecule has 1 aromatic rings. The van der Waals surface area contributed by atoms with Crippen LogP contribution in [0.4, 0.5) is 4.39 Å². The normalized spacial score (nSPS) is 13.6. The standard InChI is InChI=1S/C15H23FN2S/c1-10(15(2,3)4)18(5)9-11-6-7-12(16)8-13(11)14(17)19/h6-8,10H,9H2,1-5H3,(H2,17,19). The molecule has 0 amide bonds. The van der Waals surface area contributed by atoms with Crippen LogP contribution in [-0.4, -0.2) is 23.0 Å². The maximum atomic E-state index is 13.3. The van der Waals surface area contributed by atoms with Gasteiger partial charge in [0.15, 0.2) is 0 Å². The highest BCUT2D eigenvalue weighted by atomic mass is 32.1. The number of benzene rings is 1. The van der Waals surface area contributed by atoms with E-state index in [1.165, 1.54) is 12.1 Å². The van der Waals surface area contributed by atoms with Crippen molar-refractivity contribution < 1.29 is 4.39 Å². The van der Waals surface area contributed by atoms with E-state index < -0.39 is 0 Å². The van der Waals surface area contributed by atoms with Crippen molar-refractivity contribution >= 4 is 17.2 Å². The number of thiocarbonyl (C=S) groups is 1. The average molecular weight is 282 g/mol. The lowest BCUT2D eigenvalue weighted by Crippen LogP contribution is -2.39. The van der Waals surface area contributed by atoms with Crippen molar-refractivity contribution in [1.29, 1.82) is 0 Å². The highest BCUT2D eigenvalue weighted by Crippen LogP contribution is 2.25. The van der Waals surface area contributed by atoms with Gasteiger partial charge < -0.3 is 5.73 Å². The molecule has 0 fully saturated rings. The van der Waals surface area contributed by atoms with E-state index in [-0.39, 0.29) is 16.2 Å². The summed E-state index contributed by atoms with van der Waals surface area (Å²) in [7, 11) is 2.06. The molecule has 1 unspecified atom stereocenters. The highest BCUT2D eigenvalue weighted by Gasteiger charge is 2.24. The minimum absolute atomic E-state index is 0.179. The Balaban J connectivity index is 2.97. The molecule has 4 heteroatoms. The molecule has 2 N–H and O–H groups in total. The van der Waals surface area contributed by atoms with E-state index in [1.807, 2.05) is 0 Å². The highest BCUT2D eigenvalue weighted by molar-refractivity contribution is 7.80. The SMILES string of the molecule is CC(N(C)Cc1ccc(F)cc1C(N)=S)C(C)(C)C. The topological polar surface area (TPSA) is 29.3 Å². The quantitative estimate of drug-likeness (QED) is 0.859. The summed E-state index contributed by atoms with van der Waals surface area (Å²) in [6.07, 6.45) is 0. The van der Waals surface area contributed by atoms with Crippen molar-refractivity contribution in [2.75, 3.05) is 7.05 Å². The molecule has 1 atom stereocenters. The second-order valence-corrected chi connectivity index (χ2v) is 6.56. The molecule has 0 radical (unpaired) electrons. The lowest BCUT2D eigenvalue weighted by Gasteiger charge is -2.35. The Labute approximate surface area is 120 Å². The van der Waals surface area contributed by atoms with Crippen molar-refractivity contribution in [3.8, 4) is 0 Å². The zero-order valence-corrected chi connectivity index (χ0v) is 13.1. The number of nitrogens with two attached hydrogens (primary N) is 1. The summed E-state index contributed by atoms with van der Waals surface area (Å²) < 4.78 is 13.3. The Bertz CT molecular complexity index is 466. The molecule has 0 aliphatic carbocycles. The van der Waals surface area contributed by atoms with Crippen LogP contribution in [0.2, 0.25) is 0 Å². The van der Waals surface area contributed by atoms with Crippen molar-refractivity contribution in [2.45, 2.75) is 40.3 Å². The van der Waals surface area contributed by atoms with Gasteiger partial charge in [0.2, 0.25) is 0 Å². The third kappa shape index (κ3) is 4.25. The molecule has 0 saturated heterocycles. The molecule has 1 rings (SSSR count). The largest absolute Gasteiger partial charge is 0.389 e. The van der Waals surface area contributed by atoms with Crippen molar-refractivity contribution in [3.63, 3.8) is 0 Å². The summed E-state index contributed by atoms with van der Waals surface area (Å²) in [5, 5.41) is 0. The second kappa shape index (κ2) is 5.97. The van der Waals surface area contributed by atoms with Gasteiger partial charge in [-0.15, -0.1) is 0 Å². The second-order valence-electron chi connectivity index (χ2n) is 6.12. The molecule has 106 valence electrons. The number of halogens is 1. The van der Waals surface area contributed by atoms with Crippen LogP contribution in [0.25, 0.3) is 0 Å². The molecule has 0 spiro atoms. The van der Waals surface area contributed by atoms with Gasteiger partial charge in [-0.2, -0.15) is 0 Å². The Hall–Kier alpha value is -1.00. The minimum Gasteiger partial charge on any atom is -0.389 e. The Morgan fingerprint density at radius 2 is 2.00 bits per heavy atom. The number of nitrogens with zero attached hydrogens (tertiary/aromatic N) is 1. The smallest absolute Gasteiger partial charge is 0.123 e. The van der Waals surface area contributed by atoms with E-state index in [4.69, 9.17) is 18.0 Å². The van der Waals surface area contributed by atoms with E-state index in [2.05, 4.69) is 39.6 Å². The van der Waals surface area contributed by atoms with Gasteiger partial charge in [-0.25, -0.2) is 4.39 Å². The van der Waals surface area contributed by atoms with Crippen molar-refractivity contribution in [2.24, 2.45) is 11.1 Å². The van der Waals surface area contributed by atoms with Crippen LogP contribution >= 0.6 is 12.2 Å². The first-order valence-electron chi connectivity index (χ1n) is 6.41. The lowest BCUT2D eigenvalue weighted by molar-refractivity contribution is 0.134. The summed E-state index contributed by atoms with van der Waals surface area (Å²) >= 11 is 4.99. The first-order valence-corrected chi connectivity index (χ1v) is 6.82. The summed E-state index contributed by atoms with van der Waals surface area (Å²) in [6, 6.07) is 5.01. The fraction of sp³-hybridized carbons (Fsp3) is 0.533. The maximum absolute atomic E-state index is 13.3. The van der Waals surface area contributed by atoms with E-state index in [9.17, 15) is 4.39 Å². The van der Waals surface area contributed by atoms with E-state index in [0.29, 0.717) is 18.2 Å². The molecule has 19 heavy (non-hydrogen) atoms.